The number of rotatable bonds is 0. The van der Waals surface area contributed by atoms with Crippen LogP contribution in [0.1, 0.15) is 32.0 Å². The summed E-state index contributed by atoms with van der Waals surface area (Å²) in [4.78, 5) is 17.5. The van der Waals surface area contributed by atoms with Gasteiger partial charge in [0.2, 0.25) is 0 Å². The fraction of sp³-hybridized carbons (Fsp3) is 0.462. The lowest BCUT2D eigenvalue weighted by molar-refractivity contribution is 0.0584. The fourth-order valence-corrected chi connectivity index (χ4v) is 1.92. The summed E-state index contributed by atoms with van der Waals surface area (Å²) in [5.41, 5.74) is 1.28. The second-order valence-corrected chi connectivity index (χ2v) is 5.16. The first-order valence-electron chi connectivity index (χ1n) is 5.81. The minimum Gasteiger partial charge on any atom is -0.443 e. The Morgan fingerprint density at radius 1 is 1.56 bits per heavy atom. The summed E-state index contributed by atoms with van der Waals surface area (Å²) in [6.07, 6.45) is 1.90. The number of ether oxygens (including phenoxy) is 1. The van der Waals surface area contributed by atoms with Crippen LogP contribution in [0.3, 0.4) is 0 Å². The predicted octanol–water partition coefficient (Wildman–Crippen LogP) is 2.25. The third kappa shape index (κ3) is 2.28. The zero-order valence-electron chi connectivity index (χ0n) is 10.7. The van der Waals surface area contributed by atoms with Crippen molar-refractivity contribution in [3.63, 3.8) is 0 Å². The molecule has 1 aliphatic heterocycles. The molecule has 5 heteroatoms. The molecule has 5 nitrogen and oxygen atoms in total. The molecule has 1 amide bonds. The van der Waals surface area contributed by atoms with E-state index in [-0.39, 0.29) is 5.69 Å². The zero-order valence-corrected chi connectivity index (χ0v) is 10.7. The molecule has 1 aromatic heterocycles. The average Bonchev–Trinajstić information content (AvgIpc) is 2.70. The highest BCUT2D eigenvalue weighted by Crippen LogP contribution is 2.31. The van der Waals surface area contributed by atoms with Gasteiger partial charge in [-0.3, -0.25) is 4.90 Å². The highest BCUT2D eigenvalue weighted by Gasteiger charge is 2.31. The molecule has 0 atom stereocenters. The maximum Gasteiger partial charge on any atom is 0.414 e. The molecule has 1 aliphatic rings. The van der Waals surface area contributed by atoms with E-state index < -0.39 is 11.7 Å². The summed E-state index contributed by atoms with van der Waals surface area (Å²) >= 11 is 0. The average molecular weight is 245 g/mol. The van der Waals surface area contributed by atoms with Gasteiger partial charge >= 0.3 is 6.09 Å². The van der Waals surface area contributed by atoms with E-state index in [0.717, 1.165) is 12.0 Å². The summed E-state index contributed by atoms with van der Waals surface area (Å²) in [5, 5.41) is 9.04. The Kier molecular flexibility index (Phi) is 2.95. The second-order valence-electron chi connectivity index (χ2n) is 5.16. The van der Waals surface area contributed by atoms with Gasteiger partial charge in [-0.25, -0.2) is 9.78 Å². The van der Waals surface area contributed by atoms with Gasteiger partial charge in [-0.15, -0.1) is 0 Å². The van der Waals surface area contributed by atoms with Crippen LogP contribution in [0.4, 0.5) is 10.5 Å². The van der Waals surface area contributed by atoms with E-state index in [1.165, 1.54) is 4.90 Å². The summed E-state index contributed by atoms with van der Waals surface area (Å²) in [6.45, 7) is 5.98. The number of carbonyl (C=O) groups excluding carboxylic acids is 1. The van der Waals surface area contributed by atoms with Crippen molar-refractivity contribution in [3.05, 3.63) is 23.5 Å². The fourth-order valence-electron chi connectivity index (χ4n) is 1.92. The molecule has 0 aliphatic carbocycles. The van der Waals surface area contributed by atoms with Crippen LogP contribution < -0.4 is 4.90 Å². The maximum atomic E-state index is 12.1. The van der Waals surface area contributed by atoms with Gasteiger partial charge in [0.15, 0.2) is 5.69 Å². The molecule has 0 radical (unpaired) electrons. The Bertz CT molecular complexity index is 526. The number of aromatic nitrogens is 1. The maximum absolute atomic E-state index is 12.1. The van der Waals surface area contributed by atoms with Crippen molar-refractivity contribution in [3.8, 4) is 6.07 Å². The Morgan fingerprint density at radius 3 is 2.89 bits per heavy atom. The Balaban J connectivity index is 2.32. The van der Waals surface area contributed by atoms with E-state index in [1.54, 1.807) is 6.20 Å². The monoisotopic (exact) mass is 245 g/mol. The first-order valence-corrected chi connectivity index (χ1v) is 5.81. The van der Waals surface area contributed by atoms with Gasteiger partial charge in [-0.1, -0.05) is 0 Å². The van der Waals surface area contributed by atoms with Crippen molar-refractivity contribution in [2.75, 3.05) is 11.4 Å². The lowest BCUT2D eigenvalue weighted by atomic mass is 10.2. The van der Waals surface area contributed by atoms with Crippen molar-refractivity contribution in [2.45, 2.75) is 32.8 Å². The van der Waals surface area contributed by atoms with Crippen molar-refractivity contribution in [2.24, 2.45) is 0 Å². The molecule has 0 spiro atoms. The molecule has 2 rings (SSSR count). The number of hydrogen-bond acceptors (Lipinski definition) is 4. The second kappa shape index (κ2) is 4.30. The molecular weight excluding hydrogens is 230 g/mol. The first kappa shape index (κ1) is 12.4. The molecule has 18 heavy (non-hydrogen) atoms. The molecule has 0 aromatic carbocycles. The van der Waals surface area contributed by atoms with Gasteiger partial charge in [0, 0.05) is 12.7 Å². The molecule has 0 saturated carbocycles. The summed E-state index contributed by atoms with van der Waals surface area (Å²) in [5.74, 6) is 0. The van der Waals surface area contributed by atoms with Crippen LogP contribution in [-0.2, 0) is 11.2 Å². The van der Waals surface area contributed by atoms with Gasteiger partial charge < -0.3 is 4.74 Å². The van der Waals surface area contributed by atoms with E-state index in [1.807, 2.05) is 32.9 Å². The van der Waals surface area contributed by atoms with Crippen LogP contribution in [0, 0.1) is 11.3 Å². The van der Waals surface area contributed by atoms with Gasteiger partial charge in [-0.05, 0) is 38.8 Å². The highest BCUT2D eigenvalue weighted by molar-refractivity contribution is 5.92. The smallest absolute Gasteiger partial charge is 0.414 e. The van der Waals surface area contributed by atoms with Crippen LogP contribution in [0.2, 0.25) is 0 Å². The third-order valence-corrected chi connectivity index (χ3v) is 2.60. The molecule has 0 fully saturated rings. The van der Waals surface area contributed by atoms with E-state index >= 15 is 0 Å². The molecule has 1 aromatic rings. The number of fused-ring (bicyclic) bond motifs is 1. The van der Waals surface area contributed by atoms with Gasteiger partial charge in [-0.2, -0.15) is 5.26 Å². The van der Waals surface area contributed by atoms with Crippen LogP contribution in [-0.4, -0.2) is 23.2 Å². The minimum absolute atomic E-state index is 0.274. The van der Waals surface area contributed by atoms with Crippen LogP contribution in [0.5, 0.6) is 0 Å². The van der Waals surface area contributed by atoms with Crippen LogP contribution in [0.15, 0.2) is 12.3 Å². The Labute approximate surface area is 106 Å². The van der Waals surface area contributed by atoms with E-state index in [2.05, 4.69) is 4.98 Å². The number of pyridine rings is 1. The van der Waals surface area contributed by atoms with Crippen molar-refractivity contribution >= 4 is 11.8 Å². The third-order valence-electron chi connectivity index (χ3n) is 2.60. The molecule has 2 heterocycles. The topological polar surface area (TPSA) is 66.2 Å². The normalized spacial score (nSPS) is 14.0. The molecule has 0 unspecified atom stereocenters. The van der Waals surface area contributed by atoms with Crippen molar-refractivity contribution < 1.29 is 9.53 Å². The lowest BCUT2D eigenvalue weighted by Crippen LogP contribution is -2.36. The highest BCUT2D eigenvalue weighted by atomic mass is 16.6. The number of nitrogens with zero attached hydrogens (tertiary/aromatic N) is 3. The molecule has 0 saturated heterocycles. The number of amides is 1. The predicted molar refractivity (Wildman–Crippen MR) is 66.2 cm³/mol. The van der Waals surface area contributed by atoms with Crippen LogP contribution >= 0.6 is 0 Å². The number of carbonyl (C=O) groups is 1. The van der Waals surface area contributed by atoms with Gasteiger partial charge in [0.25, 0.3) is 0 Å². The van der Waals surface area contributed by atoms with E-state index in [9.17, 15) is 4.79 Å². The van der Waals surface area contributed by atoms with Crippen molar-refractivity contribution in [1.82, 2.24) is 4.98 Å². The number of anilines is 1. The summed E-state index contributed by atoms with van der Waals surface area (Å²) in [6, 6.07) is 3.85. The van der Waals surface area contributed by atoms with Gasteiger partial charge in [0.1, 0.15) is 11.7 Å². The van der Waals surface area contributed by atoms with E-state index in [4.69, 9.17) is 10.00 Å². The number of nitriles is 1. The van der Waals surface area contributed by atoms with Crippen molar-refractivity contribution in [1.29, 1.82) is 5.26 Å². The molecular formula is C13H15N3O2. The molecule has 0 N–H and O–H groups in total. The lowest BCUT2D eigenvalue weighted by Gasteiger charge is -2.24. The standard InChI is InChI=1S/C13H15N3O2/c1-13(2,3)18-12(17)16-7-5-9-4-6-15-10(8-14)11(9)16/h4,6H,5,7H2,1-3H3. The quantitative estimate of drug-likeness (QED) is 0.703. The minimum atomic E-state index is -0.547. The SMILES string of the molecule is CC(C)(C)OC(=O)N1CCc2ccnc(C#N)c21. The summed E-state index contributed by atoms with van der Waals surface area (Å²) < 4.78 is 5.33. The van der Waals surface area contributed by atoms with Crippen LogP contribution in [0.25, 0.3) is 0 Å². The van der Waals surface area contributed by atoms with Gasteiger partial charge in [0.05, 0.1) is 5.69 Å². The Hall–Kier alpha value is -2.09. The summed E-state index contributed by atoms with van der Waals surface area (Å²) in [7, 11) is 0. The van der Waals surface area contributed by atoms with E-state index in [0.29, 0.717) is 12.2 Å². The largest absolute Gasteiger partial charge is 0.443 e. The Morgan fingerprint density at radius 2 is 2.28 bits per heavy atom. The number of hydrogen-bond donors (Lipinski definition) is 0. The first-order chi connectivity index (χ1) is 8.42. The molecule has 94 valence electrons. The zero-order chi connectivity index (χ0) is 13.3. The molecule has 0 bridgehead atoms.